The Morgan fingerprint density at radius 2 is 1.52 bits per heavy atom. The fraction of sp³-hybridized carbons (Fsp3) is 0.364. The number of hydrogen-bond donors (Lipinski definition) is 1. The maximum atomic E-state index is 9.37. The molecule has 0 aromatic heterocycles. The van der Waals surface area contributed by atoms with Gasteiger partial charge in [0, 0.05) is 0 Å². The van der Waals surface area contributed by atoms with Crippen LogP contribution in [0.4, 0.5) is 0 Å². The summed E-state index contributed by atoms with van der Waals surface area (Å²) in [7, 11) is 1.27. The summed E-state index contributed by atoms with van der Waals surface area (Å²) in [5.74, 6) is 0.734. The fourth-order valence-corrected chi connectivity index (χ4v) is 2.93. The van der Waals surface area contributed by atoms with Gasteiger partial charge in [-0.3, -0.25) is 0 Å². The first-order chi connectivity index (χ1) is 12.7. The number of ether oxygens (including phenoxy) is 1. The molecule has 142 valence electrons. The summed E-state index contributed by atoms with van der Waals surface area (Å²) in [5.41, 5.74) is 3.21. The highest BCUT2D eigenvalue weighted by Gasteiger charge is 2.51. The van der Waals surface area contributed by atoms with Crippen LogP contribution in [0.25, 0.3) is 12.2 Å². The third-order valence-electron chi connectivity index (χ3n) is 5.34. The molecule has 1 aliphatic heterocycles. The second-order valence-corrected chi connectivity index (χ2v) is 7.86. The molecule has 0 bridgehead atoms. The minimum atomic E-state index is -0.349. The fourth-order valence-electron chi connectivity index (χ4n) is 2.93. The standard InChI is InChI=1S/C22H27BO4/c1-21(2)22(3,4)27-23(26-21)19-10-8-16(9-11-19)6-7-17-12-18(15-24)14-20(13-17)25-5/h6-14,24H,15H2,1-5H3/b7-6-. The van der Waals surface area contributed by atoms with E-state index in [0.717, 1.165) is 27.9 Å². The Bertz CT molecular complexity index is 786. The van der Waals surface area contributed by atoms with Crippen molar-refractivity contribution in [3.63, 3.8) is 0 Å². The minimum Gasteiger partial charge on any atom is -0.497 e. The minimum absolute atomic E-state index is 0.0131. The van der Waals surface area contributed by atoms with Gasteiger partial charge >= 0.3 is 7.12 Å². The van der Waals surface area contributed by atoms with Crippen LogP contribution in [0.15, 0.2) is 42.5 Å². The molecule has 0 atom stereocenters. The lowest BCUT2D eigenvalue weighted by molar-refractivity contribution is 0.00578. The van der Waals surface area contributed by atoms with Crippen molar-refractivity contribution in [3.8, 4) is 5.75 Å². The first-order valence-electron chi connectivity index (χ1n) is 9.16. The molecule has 3 rings (SSSR count). The maximum Gasteiger partial charge on any atom is 0.494 e. The van der Waals surface area contributed by atoms with E-state index in [1.165, 1.54) is 0 Å². The highest BCUT2D eigenvalue weighted by molar-refractivity contribution is 6.62. The van der Waals surface area contributed by atoms with Crippen LogP contribution >= 0.6 is 0 Å². The van der Waals surface area contributed by atoms with Gasteiger partial charge in [-0.15, -0.1) is 0 Å². The summed E-state index contributed by atoms with van der Waals surface area (Å²) < 4.78 is 17.5. The quantitative estimate of drug-likeness (QED) is 0.648. The normalized spacial score (nSPS) is 18.2. The molecule has 1 fully saturated rings. The number of hydrogen-bond acceptors (Lipinski definition) is 4. The van der Waals surface area contributed by atoms with Crippen molar-refractivity contribution >= 4 is 24.7 Å². The van der Waals surface area contributed by atoms with Gasteiger partial charge < -0.3 is 19.2 Å². The Balaban J connectivity index is 1.74. The average molecular weight is 366 g/mol. The molecule has 1 heterocycles. The molecule has 4 nitrogen and oxygen atoms in total. The molecule has 0 spiro atoms. The first-order valence-corrected chi connectivity index (χ1v) is 9.16. The number of rotatable bonds is 5. The lowest BCUT2D eigenvalue weighted by Crippen LogP contribution is -2.41. The van der Waals surface area contributed by atoms with Crippen molar-refractivity contribution in [3.05, 3.63) is 59.2 Å². The van der Waals surface area contributed by atoms with Crippen LogP contribution in [-0.2, 0) is 15.9 Å². The van der Waals surface area contributed by atoms with Crippen LogP contribution in [-0.4, -0.2) is 30.5 Å². The summed E-state index contributed by atoms with van der Waals surface area (Å²) in [5, 5.41) is 9.37. The molecule has 27 heavy (non-hydrogen) atoms. The van der Waals surface area contributed by atoms with Crippen LogP contribution in [0, 0.1) is 0 Å². The topological polar surface area (TPSA) is 47.9 Å². The third-order valence-corrected chi connectivity index (χ3v) is 5.34. The predicted molar refractivity (Wildman–Crippen MR) is 110 cm³/mol. The summed E-state index contributed by atoms with van der Waals surface area (Å²) in [4.78, 5) is 0. The third kappa shape index (κ3) is 4.27. The Morgan fingerprint density at radius 1 is 0.926 bits per heavy atom. The summed E-state index contributed by atoms with van der Waals surface area (Å²) in [6, 6.07) is 13.9. The largest absolute Gasteiger partial charge is 0.497 e. The second kappa shape index (κ2) is 7.51. The maximum absolute atomic E-state index is 9.37. The van der Waals surface area contributed by atoms with E-state index < -0.39 is 0 Å². The summed E-state index contributed by atoms with van der Waals surface area (Å²) in [6.45, 7) is 8.20. The van der Waals surface area contributed by atoms with Crippen molar-refractivity contribution in [1.82, 2.24) is 0 Å². The summed E-state index contributed by atoms with van der Waals surface area (Å²) >= 11 is 0. The number of aliphatic hydroxyl groups excluding tert-OH is 1. The Morgan fingerprint density at radius 3 is 2.07 bits per heavy atom. The average Bonchev–Trinajstić information content (AvgIpc) is 2.87. The van der Waals surface area contributed by atoms with E-state index in [1.807, 2.05) is 54.6 Å². The number of methoxy groups -OCH3 is 1. The Kier molecular flexibility index (Phi) is 5.47. The van der Waals surface area contributed by atoms with Gasteiger partial charge in [-0.2, -0.15) is 0 Å². The van der Waals surface area contributed by atoms with Crippen LogP contribution in [0.3, 0.4) is 0 Å². The highest BCUT2D eigenvalue weighted by atomic mass is 16.7. The van der Waals surface area contributed by atoms with Gasteiger partial charge in [0.25, 0.3) is 0 Å². The van der Waals surface area contributed by atoms with Crippen LogP contribution in [0.1, 0.15) is 44.4 Å². The molecule has 0 saturated carbocycles. The smallest absolute Gasteiger partial charge is 0.494 e. The molecule has 0 aliphatic carbocycles. The van der Waals surface area contributed by atoms with E-state index >= 15 is 0 Å². The molecule has 0 radical (unpaired) electrons. The SMILES string of the molecule is COc1cc(/C=C\c2ccc(B3OC(C)(C)C(C)(C)O3)cc2)cc(CO)c1. The van der Waals surface area contributed by atoms with E-state index in [4.69, 9.17) is 14.0 Å². The molecular formula is C22H27BO4. The van der Waals surface area contributed by atoms with Crippen LogP contribution < -0.4 is 10.2 Å². The number of benzene rings is 2. The molecule has 0 amide bonds. The molecule has 5 heteroatoms. The van der Waals surface area contributed by atoms with Crippen molar-refractivity contribution < 1.29 is 19.2 Å². The van der Waals surface area contributed by atoms with Gasteiger partial charge in [0.15, 0.2) is 0 Å². The van der Waals surface area contributed by atoms with E-state index in [9.17, 15) is 5.11 Å². The zero-order valence-electron chi connectivity index (χ0n) is 16.7. The van der Waals surface area contributed by atoms with Gasteiger partial charge in [-0.05, 0) is 68.0 Å². The van der Waals surface area contributed by atoms with E-state index in [-0.39, 0.29) is 24.9 Å². The van der Waals surface area contributed by atoms with E-state index in [2.05, 4.69) is 27.7 Å². The molecule has 2 aromatic rings. The number of aliphatic hydroxyl groups is 1. The van der Waals surface area contributed by atoms with Crippen molar-refractivity contribution in [1.29, 1.82) is 0 Å². The van der Waals surface area contributed by atoms with Crippen LogP contribution in [0.5, 0.6) is 5.75 Å². The highest BCUT2D eigenvalue weighted by Crippen LogP contribution is 2.36. The zero-order chi connectivity index (χ0) is 19.7. The van der Waals surface area contributed by atoms with Crippen molar-refractivity contribution in [2.75, 3.05) is 7.11 Å². The van der Waals surface area contributed by atoms with E-state index in [0.29, 0.717) is 0 Å². The van der Waals surface area contributed by atoms with Gasteiger partial charge in [0.05, 0.1) is 24.9 Å². The lowest BCUT2D eigenvalue weighted by atomic mass is 9.79. The predicted octanol–water partition coefficient (Wildman–Crippen LogP) is 3.66. The zero-order valence-corrected chi connectivity index (χ0v) is 16.7. The van der Waals surface area contributed by atoms with Gasteiger partial charge in [0.1, 0.15) is 5.75 Å². The van der Waals surface area contributed by atoms with Crippen molar-refractivity contribution in [2.24, 2.45) is 0 Å². The molecule has 1 aliphatic rings. The molecule has 2 aromatic carbocycles. The lowest BCUT2D eigenvalue weighted by Gasteiger charge is -2.32. The van der Waals surface area contributed by atoms with Crippen molar-refractivity contribution in [2.45, 2.75) is 45.5 Å². The van der Waals surface area contributed by atoms with Gasteiger partial charge in [-0.25, -0.2) is 0 Å². The van der Waals surface area contributed by atoms with E-state index in [1.54, 1.807) is 7.11 Å². The molecular weight excluding hydrogens is 339 g/mol. The monoisotopic (exact) mass is 366 g/mol. The van der Waals surface area contributed by atoms with Gasteiger partial charge in [-0.1, -0.05) is 36.4 Å². The second-order valence-electron chi connectivity index (χ2n) is 7.86. The summed E-state index contributed by atoms with van der Waals surface area (Å²) in [6.07, 6.45) is 4.04. The molecule has 0 unspecified atom stereocenters. The first kappa shape index (κ1) is 19.7. The van der Waals surface area contributed by atoms with Crippen LogP contribution in [0.2, 0.25) is 0 Å². The Hall–Kier alpha value is -2.08. The van der Waals surface area contributed by atoms with Gasteiger partial charge in [0.2, 0.25) is 0 Å². The molecule has 1 saturated heterocycles. The Labute approximate surface area is 161 Å². The molecule has 1 N–H and O–H groups in total.